The molecule has 2 N–H and O–H groups in total. The van der Waals surface area contributed by atoms with Crippen molar-refractivity contribution in [3.8, 4) is 0 Å². The maximum absolute atomic E-state index is 12.4. The number of carbonyl (C=O) groups excluding carboxylic acids is 1. The summed E-state index contributed by atoms with van der Waals surface area (Å²) in [7, 11) is 0. The first-order valence-corrected chi connectivity index (χ1v) is 7.89. The lowest BCUT2D eigenvalue weighted by Crippen LogP contribution is -2.39. The predicted octanol–water partition coefficient (Wildman–Crippen LogP) is 3.21. The fourth-order valence-corrected chi connectivity index (χ4v) is 2.94. The van der Waals surface area contributed by atoms with Crippen LogP contribution < -0.4 is 5.32 Å². The lowest BCUT2D eigenvalue weighted by molar-refractivity contribution is 0.0850. The first-order chi connectivity index (χ1) is 9.81. The van der Waals surface area contributed by atoms with Gasteiger partial charge in [0.25, 0.3) is 5.91 Å². The molecule has 0 aliphatic heterocycles. The van der Waals surface area contributed by atoms with Crippen molar-refractivity contribution >= 4 is 5.91 Å². The van der Waals surface area contributed by atoms with E-state index in [1.54, 1.807) is 0 Å². The summed E-state index contributed by atoms with van der Waals surface area (Å²) < 4.78 is 2.17. The lowest BCUT2D eigenvalue weighted by atomic mass is 9.83. The van der Waals surface area contributed by atoms with Gasteiger partial charge in [-0.25, -0.2) is 0 Å². The quantitative estimate of drug-likeness (QED) is 0.811. The molecule has 0 spiro atoms. The van der Waals surface area contributed by atoms with Crippen molar-refractivity contribution in [3.63, 3.8) is 0 Å². The van der Waals surface area contributed by atoms with E-state index in [0.29, 0.717) is 12.6 Å². The number of amides is 1. The van der Waals surface area contributed by atoms with E-state index in [-0.39, 0.29) is 17.9 Å². The third-order valence-electron chi connectivity index (χ3n) is 4.70. The lowest BCUT2D eigenvalue weighted by Gasteiger charge is -2.29. The predicted molar refractivity (Wildman–Crippen MR) is 86.7 cm³/mol. The van der Waals surface area contributed by atoms with Crippen LogP contribution in [0.1, 0.15) is 68.3 Å². The van der Waals surface area contributed by atoms with Crippen LogP contribution in [0.25, 0.3) is 0 Å². The van der Waals surface area contributed by atoms with Crippen molar-refractivity contribution in [1.29, 1.82) is 0 Å². The first kappa shape index (κ1) is 17.8. The molecule has 0 aliphatic rings. The molecule has 1 rings (SSSR count). The summed E-state index contributed by atoms with van der Waals surface area (Å²) in [6.07, 6.45) is 1.70. The van der Waals surface area contributed by atoms with E-state index >= 15 is 0 Å². The van der Waals surface area contributed by atoms with Crippen molar-refractivity contribution in [2.45, 2.75) is 60.4 Å². The molecule has 0 aliphatic carbocycles. The molecule has 0 bridgehead atoms. The summed E-state index contributed by atoms with van der Waals surface area (Å²) >= 11 is 0. The highest BCUT2D eigenvalue weighted by Crippen LogP contribution is 2.25. The molecule has 0 atom stereocenters. The van der Waals surface area contributed by atoms with E-state index in [4.69, 9.17) is 0 Å². The van der Waals surface area contributed by atoms with E-state index in [1.165, 1.54) is 0 Å². The molecule has 4 heteroatoms. The third kappa shape index (κ3) is 3.67. The Kier molecular flexibility index (Phi) is 6.02. The average Bonchev–Trinajstić information content (AvgIpc) is 2.76. The molecule has 1 aromatic heterocycles. The fraction of sp³-hybridized carbons (Fsp3) is 0.706. The van der Waals surface area contributed by atoms with Gasteiger partial charge in [-0.2, -0.15) is 0 Å². The normalized spacial score (nSPS) is 12.0. The van der Waals surface area contributed by atoms with Crippen LogP contribution in [0.2, 0.25) is 0 Å². The Labute approximate surface area is 128 Å². The SMILES string of the molecule is CCC(CC)(CO)CNC(=O)c1cc(C)n(C(C)C)c1C. The number of aliphatic hydroxyl groups is 1. The highest BCUT2D eigenvalue weighted by atomic mass is 16.3. The van der Waals surface area contributed by atoms with Crippen LogP contribution in [0.15, 0.2) is 6.07 Å². The minimum absolute atomic E-state index is 0.0466. The van der Waals surface area contributed by atoms with Gasteiger partial charge in [0.2, 0.25) is 0 Å². The Hall–Kier alpha value is -1.29. The zero-order valence-corrected chi connectivity index (χ0v) is 14.3. The van der Waals surface area contributed by atoms with Gasteiger partial charge in [-0.3, -0.25) is 4.79 Å². The van der Waals surface area contributed by atoms with E-state index < -0.39 is 0 Å². The molecule has 0 saturated carbocycles. The van der Waals surface area contributed by atoms with Crippen LogP contribution in [-0.2, 0) is 0 Å². The molecule has 1 heterocycles. The number of nitrogens with zero attached hydrogens (tertiary/aromatic N) is 1. The molecule has 1 aromatic rings. The van der Waals surface area contributed by atoms with Crippen molar-refractivity contribution in [2.24, 2.45) is 5.41 Å². The molecule has 4 nitrogen and oxygen atoms in total. The molecule has 120 valence electrons. The maximum atomic E-state index is 12.4. The van der Waals surface area contributed by atoms with Crippen LogP contribution in [-0.4, -0.2) is 28.7 Å². The van der Waals surface area contributed by atoms with Gasteiger partial charge in [0, 0.05) is 29.4 Å². The van der Waals surface area contributed by atoms with Gasteiger partial charge in [0.1, 0.15) is 0 Å². The number of hydrogen-bond donors (Lipinski definition) is 2. The zero-order chi connectivity index (χ0) is 16.2. The van der Waals surface area contributed by atoms with E-state index in [9.17, 15) is 9.90 Å². The highest BCUT2D eigenvalue weighted by molar-refractivity contribution is 5.95. The smallest absolute Gasteiger partial charge is 0.253 e. The first-order valence-electron chi connectivity index (χ1n) is 7.89. The average molecular weight is 294 g/mol. The van der Waals surface area contributed by atoms with Crippen molar-refractivity contribution in [3.05, 3.63) is 23.0 Å². The Morgan fingerprint density at radius 2 is 1.90 bits per heavy atom. The van der Waals surface area contributed by atoms with Gasteiger partial charge >= 0.3 is 0 Å². The standard InChI is InChI=1S/C17H30N2O2/c1-7-17(8-2,11-20)10-18-16(21)15-9-13(5)19(12(3)4)14(15)6/h9,12,20H,7-8,10-11H2,1-6H3,(H,18,21). The van der Waals surface area contributed by atoms with Crippen molar-refractivity contribution in [1.82, 2.24) is 9.88 Å². The van der Waals surface area contributed by atoms with Crippen molar-refractivity contribution in [2.75, 3.05) is 13.2 Å². The summed E-state index contributed by atoms with van der Waals surface area (Å²) in [5.41, 5.74) is 2.63. The van der Waals surface area contributed by atoms with Gasteiger partial charge < -0.3 is 15.0 Å². The molecule has 1 amide bonds. The second kappa shape index (κ2) is 7.12. The van der Waals surface area contributed by atoms with Crippen LogP contribution >= 0.6 is 0 Å². The molecule has 0 radical (unpaired) electrons. The molecule has 0 aromatic carbocycles. The fourth-order valence-electron chi connectivity index (χ4n) is 2.94. The highest BCUT2D eigenvalue weighted by Gasteiger charge is 2.26. The third-order valence-corrected chi connectivity index (χ3v) is 4.70. The number of hydrogen-bond acceptors (Lipinski definition) is 2. The van der Waals surface area contributed by atoms with Crippen LogP contribution in [0, 0.1) is 19.3 Å². The second-order valence-electron chi connectivity index (χ2n) is 6.30. The molecule has 21 heavy (non-hydrogen) atoms. The van der Waals surface area contributed by atoms with Crippen molar-refractivity contribution < 1.29 is 9.90 Å². The molecule has 0 fully saturated rings. The Morgan fingerprint density at radius 3 is 2.29 bits per heavy atom. The second-order valence-corrected chi connectivity index (χ2v) is 6.30. The number of aryl methyl sites for hydroxylation is 1. The Balaban J connectivity index is 2.89. The number of nitrogens with one attached hydrogen (secondary N) is 1. The minimum Gasteiger partial charge on any atom is -0.396 e. The Bertz CT molecular complexity index is 477. The monoisotopic (exact) mass is 294 g/mol. The van der Waals surface area contributed by atoms with Gasteiger partial charge in [-0.15, -0.1) is 0 Å². The summed E-state index contributed by atoms with van der Waals surface area (Å²) in [5, 5.41) is 12.6. The Morgan fingerprint density at radius 1 is 1.33 bits per heavy atom. The maximum Gasteiger partial charge on any atom is 0.253 e. The summed E-state index contributed by atoms with van der Waals surface area (Å²) in [4.78, 5) is 12.4. The minimum atomic E-state index is -0.209. The van der Waals surface area contributed by atoms with Gasteiger partial charge in [0.15, 0.2) is 0 Å². The topological polar surface area (TPSA) is 54.3 Å². The number of aliphatic hydroxyl groups excluding tert-OH is 1. The summed E-state index contributed by atoms with van der Waals surface area (Å²) in [6, 6.07) is 2.29. The summed E-state index contributed by atoms with van der Waals surface area (Å²) in [6.45, 7) is 13.0. The van der Waals surface area contributed by atoms with E-state index in [0.717, 1.165) is 29.8 Å². The molecule has 0 saturated heterocycles. The number of carbonyl (C=O) groups is 1. The molecular formula is C17H30N2O2. The molecular weight excluding hydrogens is 264 g/mol. The van der Waals surface area contributed by atoms with Gasteiger partial charge in [0.05, 0.1) is 12.2 Å². The largest absolute Gasteiger partial charge is 0.396 e. The number of rotatable bonds is 7. The van der Waals surface area contributed by atoms with Gasteiger partial charge in [-0.05, 0) is 46.6 Å². The van der Waals surface area contributed by atoms with Crippen LogP contribution in [0.5, 0.6) is 0 Å². The molecule has 0 unspecified atom stereocenters. The zero-order valence-electron chi connectivity index (χ0n) is 14.3. The summed E-state index contributed by atoms with van der Waals surface area (Å²) in [5.74, 6) is -0.0466. The van der Waals surface area contributed by atoms with E-state index in [1.807, 2.05) is 19.9 Å². The van der Waals surface area contributed by atoms with Gasteiger partial charge in [-0.1, -0.05) is 13.8 Å². The number of aromatic nitrogens is 1. The van der Waals surface area contributed by atoms with Crippen LogP contribution in [0.4, 0.5) is 0 Å². The van der Waals surface area contributed by atoms with E-state index in [2.05, 4.69) is 37.6 Å². The van der Waals surface area contributed by atoms with Crippen LogP contribution in [0.3, 0.4) is 0 Å².